The lowest BCUT2D eigenvalue weighted by molar-refractivity contribution is -0.110. The number of hydrogen-bond donors (Lipinski definition) is 2. The summed E-state index contributed by atoms with van der Waals surface area (Å²) in [5.41, 5.74) is 5.69. The standard InChI is InChI=1S/C30H29N5O3/c1-4-35(5-2)18-19-6-11-24(12-7-19)33-28(20-8-9-22-16-31-32-17-23(22)14-20)27-25-13-10-21(30(37)38-3)15-26(25)34-29(27)36/h6-17,33H,4-5,18H2,1-3H3,(H,34,36). The van der Waals surface area contributed by atoms with Gasteiger partial charge in [0.15, 0.2) is 0 Å². The summed E-state index contributed by atoms with van der Waals surface area (Å²) in [6, 6.07) is 19.3. The predicted octanol–water partition coefficient (Wildman–Crippen LogP) is 5.19. The summed E-state index contributed by atoms with van der Waals surface area (Å²) in [5.74, 6) is -0.714. The summed E-state index contributed by atoms with van der Waals surface area (Å²) in [4.78, 5) is 27.8. The van der Waals surface area contributed by atoms with Crippen molar-refractivity contribution in [2.45, 2.75) is 20.4 Å². The highest BCUT2D eigenvalue weighted by atomic mass is 16.5. The molecule has 0 radical (unpaired) electrons. The van der Waals surface area contributed by atoms with Gasteiger partial charge in [-0.1, -0.05) is 44.2 Å². The molecule has 5 rings (SSSR count). The number of methoxy groups -OCH3 is 1. The number of carbonyl (C=O) groups excluding carboxylic acids is 2. The number of benzene rings is 3. The van der Waals surface area contributed by atoms with E-state index in [-0.39, 0.29) is 5.91 Å². The second-order valence-electron chi connectivity index (χ2n) is 9.07. The zero-order chi connectivity index (χ0) is 26.6. The molecule has 8 nitrogen and oxygen atoms in total. The fraction of sp³-hybridized carbons (Fsp3) is 0.200. The fourth-order valence-electron chi connectivity index (χ4n) is 4.64. The van der Waals surface area contributed by atoms with Gasteiger partial charge in [0, 0.05) is 28.6 Å². The number of amides is 1. The molecule has 0 aliphatic carbocycles. The number of aromatic nitrogens is 2. The van der Waals surface area contributed by atoms with E-state index in [4.69, 9.17) is 4.74 Å². The van der Waals surface area contributed by atoms with Crippen LogP contribution in [0.25, 0.3) is 22.0 Å². The van der Waals surface area contributed by atoms with E-state index in [0.29, 0.717) is 28.1 Å². The molecule has 0 atom stereocenters. The average molecular weight is 508 g/mol. The van der Waals surface area contributed by atoms with Crippen LogP contribution in [0.1, 0.15) is 40.9 Å². The highest BCUT2D eigenvalue weighted by Gasteiger charge is 2.29. The molecular weight excluding hydrogens is 478 g/mol. The summed E-state index contributed by atoms with van der Waals surface area (Å²) < 4.78 is 4.84. The molecule has 3 aromatic carbocycles. The number of carbonyl (C=O) groups is 2. The Kier molecular flexibility index (Phi) is 7.15. The maximum atomic E-state index is 13.3. The van der Waals surface area contributed by atoms with Crippen LogP contribution >= 0.6 is 0 Å². The van der Waals surface area contributed by atoms with Crippen LogP contribution in [-0.2, 0) is 16.1 Å². The van der Waals surface area contributed by atoms with E-state index in [9.17, 15) is 9.59 Å². The lowest BCUT2D eigenvalue weighted by Crippen LogP contribution is -2.22. The van der Waals surface area contributed by atoms with Crippen molar-refractivity contribution in [3.8, 4) is 0 Å². The van der Waals surface area contributed by atoms with Crippen molar-refractivity contribution in [2.75, 3.05) is 30.8 Å². The zero-order valence-corrected chi connectivity index (χ0v) is 21.6. The van der Waals surface area contributed by atoms with Gasteiger partial charge in [-0.05, 0) is 54.5 Å². The Morgan fingerprint density at radius 1 is 0.921 bits per heavy atom. The van der Waals surface area contributed by atoms with E-state index in [1.165, 1.54) is 12.7 Å². The van der Waals surface area contributed by atoms with Crippen LogP contribution in [0.2, 0.25) is 0 Å². The number of hydrogen-bond acceptors (Lipinski definition) is 7. The second-order valence-corrected chi connectivity index (χ2v) is 9.07. The lowest BCUT2D eigenvalue weighted by Gasteiger charge is -2.19. The van der Waals surface area contributed by atoms with Gasteiger partial charge >= 0.3 is 5.97 Å². The van der Waals surface area contributed by atoms with E-state index in [1.54, 1.807) is 30.6 Å². The topological polar surface area (TPSA) is 96.5 Å². The molecule has 1 amide bonds. The first-order valence-corrected chi connectivity index (χ1v) is 12.6. The molecule has 0 saturated carbocycles. The Morgan fingerprint density at radius 2 is 1.63 bits per heavy atom. The summed E-state index contributed by atoms with van der Waals surface area (Å²) in [5, 5.41) is 16.3. The summed E-state index contributed by atoms with van der Waals surface area (Å²) in [7, 11) is 1.33. The maximum Gasteiger partial charge on any atom is 0.337 e. The van der Waals surface area contributed by atoms with Gasteiger partial charge in [-0.15, -0.1) is 0 Å². The monoisotopic (exact) mass is 507 g/mol. The van der Waals surface area contributed by atoms with Gasteiger partial charge in [0.1, 0.15) is 0 Å². The van der Waals surface area contributed by atoms with Gasteiger partial charge in [0.25, 0.3) is 5.91 Å². The molecule has 0 spiro atoms. The van der Waals surface area contributed by atoms with E-state index in [1.807, 2.05) is 30.3 Å². The van der Waals surface area contributed by atoms with Crippen LogP contribution < -0.4 is 10.6 Å². The average Bonchev–Trinajstić information content (AvgIpc) is 3.29. The number of ether oxygens (including phenoxy) is 1. The number of rotatable bonds is 8. The molecule has 0 fully saturated rings. The van der Waals surface area contributed by atoms with Crippen LogP contribution in [0, 0.1) is 0 Å². The molecule has 2 heterocycles. The van der Waals surface area contributed by atoms with Gasteiger partial charge in [0.2, 0.25) is 0 Å². The molecule has 4 aromatic rings. The van der Waals surface area contributed by atoms with Crippen molar-refractivity contribution in [3.05, 3.63) is 95.3 Å². The number of nitrogens with zero attached hydrogens (tertiary/aromatic N) is 3. The SMILES string of the molecule is CCN(CC)Cc1ccc(NC(=C2C(=O)Nc3cc(C(=O)OC)ccc32)c2ccc3cnncc3c2)cc1. The van der Waals surface area contributed by atoms with Gasteiger partial charge in [-0.25, -0.2) is 4.79 Å². The number of esters is 1. The minimum Gasteiger partial charge on any atom is -0.465 e. The van der Waals surface area contributed by atoms with Crippen LogP contribution in [0.4, 0.5) is 11.4 Å². The van der Waals surface area contributed by atoms with Crippen molar-refractivity contribution < 1.29 is 14.3 Å². The second kappa shape index (κ2) is 10.8. The normalized spacial score (nSPS) is 13.8. The highest BCUT2D eigenvalue weighted by molar-refractivity contribution is 6.37. The quantitative estimate of drug-likeness (QED) is 0.250. The van der Waals surface area contributed by atoms with E-state index in [2.05, 4.69) is 51.7 Å². The molecule has 2 N–H and O–H groups in total. The summed E-state index contributed by atoms with van der Waals surface area (Å²) in [6.45, 7) is 7.18. The predicted molar refractivity (Wildman–Crippen MR) is 149 cm³/mol. The molecule has 192 valence electrons. The maximum absolute atomic E-state index is 13.3. The zero-order valence-electron chi connectivity index (χ0n) is 21.6. The third-order valence-corrected chi connectivity index (χ3v) is 6.79. The van der Waals surface area contributed by atoms with Gasteiger partial charge < -0.3 is 15.4 Å². The number of nitrogens with one attached hydrogen (secondary N) is 2. The molecule has 0 saturated heterocycles. The minimum atomic E-state index is -0.460. The van der Waals surface area contributed by atoms with Crippen molar-refractivity contribution in [1.82, 2.24) is 15.1 Å². The van der Waals surface area contributed by atoms with Gasteiger partial charge in [0.05, 0.1) is 42.0 Å². The molecule has 1 aliphatic heterocycles. The first kappa shape index (κ1) is 25.1. The van der Waals surface area contributed by atoms with E-state index in [0.717, 1.165) is 41.7 Å². The third-order valence-electron chi connectivity index (χ3n) is 6.79. The van der Waals surface area contributed by atoms with Crippen molar-refractivity contribution in [3.63, 3.8) is 0 Å². The highest BCUT2D eigenvalue weighted by Crippen LogP contribution is 2.38. The van der Waals surface area contributed by atoms with Crippen molar-refractivity contribution in [1.29, 1.82) is 0 Å². The molecule has 0 bridgehead atoms. The molecule has 1 aromatic heterocycles. The molecule has 0 unspecified atom stereocenters. The van der Waals surface area contributed by atoms with Crippen molar-refractivity contribution in [2.24, 2.45) is 0 Å². The Labute approximate surface area is 221 Å². The molecule has 8 heteroatoms. The molecule has 38 heavy (non-hydrogen) atoms. The number of anilines is 2. The van der Waals surface area contributed by atoms with Crippen LogP contribution in [-0.4, -0.2) is 47.2 Å². The smallest absolute Gasteiger partial charge is 0.337 e. The number of fused-ring (bicyclic) bond motifs is 2. The molecular formula is C30H29N5O3. The van der Waals surface area contributed by atoms with Gasteiger partial charge in [-0.3, -0.25) is 9.69 Å². The first-order valence-electron chi connectivity index (χ1n) is 12.6. The fourth-order valence-corrected chi connectivity index (χ4v) is 4.64. The summed E-state index contributed by atoms with van der Waals surface area (Å²) in [6.07, 6.45) is 3.41. The van der Waals surface area contributed by atoms with Crippen LogP contribution in [0.5, 0.6) is 0 Å². The van der Waals surface area contributed by atoms with Crippen LogP contribution in [0.3, 0.4) is 0 Å². The third kappa shape index (κ3) is 4.99. The Hall–Kier alpha value is -4.56. The lowest BCUT2D eigenvalue weighted by atomic mass is 9.98. The first-order chi connectivity index (χ1) is 18.5. The summed E-state index contributed by atoms with van der Waals surface area (Å²) >= 11 is 0. The van der Waals surface area contributed by atoms with Crippen LogP contribution in [0.15, 0.2) is 73.1 Å². The van der Waals surface area contributed by atoms with Crippen molar-refractivity contribution >= 4 is 45.3 Å². The van der Waals surface area contributed by atoms with E-state index < -0.39 is 5.97 Å². The minimum absolute atomic E-state index is 0.254. The molecule has 1 aliphatic rings. The largest absolute Gasteiger partial charge is 0.465 e. The van der Waals surface area contributed by atoms with E-state index >= 15 is 0 Å². The Balaban J connectivity index is 1.59. The van der Waals surface area contributed by atoms with Gasteiger partial charge in [-0.2, -0.15) is 10.2 Å². The Morgan fingerprint density at radius 3 is 2.34 bits per heavy atom. The Bertz CT molecular complexity index is 1540.